The van der Waals surface area contributed by atoms with Gasteiger partial charge in [-0.05, 0) is 23.9 Å². The molecule has 0 bridgehead atoms. The maximum Gasteiger partial charge on any atom is 0.276 e. The highest BCUT2D eigenvalue weighted by molar-refractivity contribution is 5.60. The number of para-hydroxylation sites is 1. The van der Waals surface area contributed by atoms with Gasteiger partial charge in [0.25, 0.3) is 5.69 Å². The molecule has 0 fully saturated rings. The van der Waals surface area contributed by atoms with Gasteiger partial charge in [-0.1, -0.05) is 42.5 Å². The highest BCUT2D eigenvalue weighted by Crippen LogP contribution is 2.18. The van der Waals surface area contributed by atoms with Gasteiger partial charge in [-0.15, -0.1) is 0 Å². The van der Waals surface area contributed by atoms with E-state index in [-0.39, 0.29) is 10.6 Å². The first kappa shape index (κ1) is 12.8. The average molecular weight is 254 g/mol. The molecule has 0 radical (unpaired) electrons. The van der Waals surface area contributed by atoms with Crippen LogP contribution in [0.4, 0.5) is 5.69 Å². The van der Waals surface area contributed by atoms with Crippen LogP contribution in [0.3, 0.4) is 0 Å². The van der Waals surface area contributed by atoms with Gasteiger partial charge in [-0.2, -0.15) is 0 Å². The second-order valence-corrected chi connectivity index (χ2v) is 4.02. The van der Waals surface area contributed by atoms with Crippen molar-refractivity contribution in [2.75, 3.05) is 0 Å². The van der Waals surface area contributed by atoms with E-state index in [0.717, 1.165) is 5.56 Å². The van der Waals surface area contributed by atoms with E-state index in [2.05, 4.69) is 5.32 Å². The third kappa shape index (κ3) is 3.67. The van der Waals surface area contributed by atoms with Crippen LogP contribution in [0.5, 0.6) is 0 Å². The van der Waals surface area contributed by atoms with E-state index in [0.29, 0.717) is 12.1 Å². The molecule has 0 saturated carbocycles. The van der Waals surface area contributed by atoms with Gasteiger partial charge in [0, 0.05) is 12.6 Å². The molecule has 2 aromatic rings. The fraction of sp³-hybridized carbons (Fsp3) is 0.0667. The Morgan fingerprint density at radius 3 is 2.47 bits per heavy atom. The second-order valence-electron chi connectivity index (χ2n) is 4.02. The number of hydrogen-bond donors (Lipinski definition) is 1. The lowest BCUT2D eigenvalue weighted by molar-refractivity contribution is -0.385. The van der Waals surface area contributed by atoms with Gasteiger partial charge < -0.3 is 5.32 Å². The topological polar surface area (TPSA) is 55.2 Å². The molecule has 0 amide bonds. The number of nitro groups is 1. The molecular weight excluding hydrogens is 240 g/mol. The van der Waals surface area contributed by atoms with Gasteiger partial charge in [-0.25, -0.2) is 0 Å². The Morgan fingerprint density at radius 1 is 1.05 bits per heavy atom. The fourth-order valence-electron chi connectivity index (χ4n) is 1.72. The summed E-state index contributed by atoms with van der Waals surface area (Å²) in [5.41, 5.74) is 1.86. The maximum atomic E-state index is 10.8. The molecule has 0 atom stereocenters. The molecule has 0 heterocycles. The quantitative estimate of drug-likeness (QED) is 0.657. The van der Waals surface area contributed by atoms with Crippen molar-refractivity contribution in [2.24, 2.45) is 0 Å². The molecule has 0 saturated heterocycles. The molecule has 0 unspecified atom stereocenters. The Balaban J connectivity index is 1.98. The summed E-state index contributed by atoms with van der Waals surface area (Å²) in [5, 5.41) is 13.9. The zero-order valence-electron chi connectivity index (χ0n) is 10.3. The number of rotatable bonds is 5. The fourth-order valence-corrected chi connectivity index (χ4v) is 1.72. The van der Waals surface area contributed by atoms with Crippen molar-refractivity contribution in [1.29, 1.82) is 0 Å². The summed E-state index contributed by atoms with van der Waals surface area (Å²) in [7, 11) is 0. The number of hydrogen-bond acceptors (Lipinski definition) is 3. The Bertz CT molecular complexity index is 580. The van der Waals surface area contributed by atoms with Crippen LogP contribution in [-0.2, 0) is 6.54 Å². The molecule has 19 heavy (non-hydrogen) atoms. The van der Waals surface area contributed by atoms with Crippen molar-refractivity contribution in [1.82, 2.24) is 5.32 Å². The zero-order chi connectivity index (χ0) is 13.5. The van der Waals surface area contributed by atoms with Crippen LogP contribution in [0, 0.1) is 10.1 Å². The van der Waals surface area contributed by atoms with E-state index in [1.165, 1.54) is 6.07 Å². The number of benzene rings is 2. The van der Waals surface area contributed by atoms with Crippen LogP contribution in [0.25, 0.3) is 6.08 Å². The number of nitro benzene ring substituents is 1. The van der Waals surface area contributed by atoms with E-state index in [9.17, 15) is 10.1 Å². The second kappa shape index (κ2) is 6.35. The van der Waals surface area contributed by atoms with E-state index in [1.807, 2.05) is 30.3 Å². The summed E-state index contributed by atoms with van der Waals surface area (Å²) < 4.78 is 0. The molecule has 0 aliphatic carbocycles. The van der Waals surface area contributed by atoms with Crippen LogP contribution in [0.1, 0.15) is 11.1 Å². The van der Waals surface area contributed by atoms with Crippen molar-refractivity contribution in [3.8, 4) is 0 Å². The molecule has 96 valence electrons. The van der Waals surface area contributed by atoms with Crippen molar-refractivity contribution in [3.63, 3.8) is 0 Å². The van der Waals surface area contributed by atoms with Crippen molar-refractivity contribution in [2.45, 2.75) is 6.54 Å². The van der Waals surface area contributed by atoms with Crippen molar-refractivity contribution >= 4 is 11.8 Å². The lowest BCUT2D eigenvalue weighted by atomic mass is 10.2. The Kier molecular flexibility index (Phi) is 4.29. The Morgan fingerprint density at radius 2 is 1.74 bits per heavy atom. The summed E-state index contributed by atoms with van der Waals surface area (Å²) in [5.74, 6) is 0. The SMILES string of the molecule is O=[N+]([O-])c1ccccc1/C=C/NCc1ccccc1. The van der Waals surface area contributed by atoms with E-state index < -0.39 is 0 Å². The van der Waals surface area contributed by atoms with Gasteiger partial charge in [-0.3, -0.25) is 10.1 Å². The van der Waals surface area contributed by atoms with Gasteiger partial charge in [0.1, 0.15) is 0 Å². The summed E-state index contributed by atoms with van der Waals surface area (Å²) in [6.45, 7) is 0.692. The first-order valence-electron chi connectivity index (χ1n) is 5.94. The minimum Gasteiger partial charge on any atom is -0.387 e. The lowest BCUT2D eigenvalue weighted by Gasteiger charge is -2.01. The third-order valence-electron chi connectivity index (χ3n) is 2.66. The van der Waals surface area contributed by atoms with Gasteiger partial charge in [0.05, 0.1) is 10.5 Å². The normalized spacial score (nSPS) is 10.5. The van der Waals surface area contributed by atoms with Crippen molar-refractivity contribution < 1.29 is 4.92 Å². The molecular formula is C15H14N2O2. The van der Waals surface area contributed by atoms with E-state index in [1.54, 1.807) is 30.5 Å². The molecule has 0 aromatic heterocycles. The zero-order valence-corrected chi connectivity index (χ0v) is 10.3. The third-order valence-corrected chi connectivity index (χ3v) is 2.66. The molecule has 0 spiro atoms. The van der Waals surface area contributed by atoms with E-state index in [4.69, 9.17) is 0 Å². The maximum absolute atomic E-state index is 10.8. The summed E-state index contributed by atoms with van der Waals surface area (Å²) >= 11 is 0. The smallest absolute Gasteiger partial charge is 0.276 e. The lowest BCUT2D eigenvalue weighted by Crippen LogP contribution is -2.03. The van der Waals surface area contributed by atoms with Crippen LogP contribution >= 0.6 is 0 Å². The van der Waals surface area contributed by atoms with Gasteiger partial charge in [0.15, 0.2) is 0 Å². The highest BCUT2D eigenvalue weighted by Gasteiger charge is 2.08. The predicted octanol–water partition coefficient (Wildman–Crippen LogP) is 3.36. The molecule has 2 rings (SSSR count). The van der Waals surface area contributed by atoms with Crippen LogP contribution in [0.15, 0.2) is 60.8 Å². The minimum absolute atomic E-state index is 0.111. The molecule has 2 aromatic carbocycles. The molecule has 4 nitrogen and oxygen atoms in total. The van der Waals surface area contributed by atoms with Crippen LogP contribution < -0.4 is 5.32 Å². The number of nitrogens with zero attached hydrogens (tertiary/aromatic N) is 1. The number of nitrogens with one attached hydrogen (secondary N) is 1. The van der Waals surface area contributed by atoms with Crippen LogP contribution in [0.2, 0.25) is 0 Å². The molecule has 1 N–H and O–H groups in total. The Labute approximate surface area is 111 Å². The Hall–Kier alpha value is -2.62. The first-order chi connectivity index (χ1) is 9.27. The highest BCUT2D eigenvalue weighted by atomic mass is 16.6. The molecule has 0 aliphatic heterocycles. The average Bonchev–Trinajstić information content (AvgIpc) is 2.45. The molecule has 4 heteroatoms. The van der Waals surface area contributed by atoms with Crippen LogP contribution in [-0.4, -0.2) is 4.92 Å². The summed E-state index contributed by atoms with van der Waals surface area (Å²) in [6.07, 6.45) is 3.44. The van der Waals surface area contributed by atoms with Gasteiger partial charge >= 0.3 is 0 Å². The predicted molar refractivity (Wildman–Crippen MR) is 75.4 cm³/mol. The van der Waals surface area contributed by atoms with Crippen molar-refractivity contribution in [3.05, 3.63) is 82.0 Å². The van der Waals surface area contributed by atoms with E-state index >= 15 is 0 Å². The summed E-state index contributed by atoms with van der Waals surface area (Å²) in [6, 6.07) is 16.6. The largest absolute Gasteiger partial charge is 0.387 e. The summed E-state index contributed by atoms with van der Waals surface area (Å²) in [4.78, 5) is 10.4. The standard InChI is InChI=1S/C15H14N2O2/c18-17(19)15-9-5-4-8-14(15)10-11-16-12-13-6-2-1-3-7-13/h1-11,16H,12H2/b11-10+. The minimum atomic E-state index is -0.378. The molecule has 0 aliphatic rings. The van der Waals surface area contributed by atoms with Gasteiger partial charge in [0.2, 0.25) is 0 Å². The first-order valence-corrected chi connectivity index (χ1v) is 5.94. The monoisotopic (exact) mass is 254 g/mol.